The number of rotatable bonds is 8. The Morgan fingerprint density at radius 3 is 2.20 bits per heavy atom. The minimum Gasteiger partial charge on any atom is -0.790 e. The van der Waals surface area contributed by atoms with Gasteiger partial charge in [0.15, 0.2) is 17.7 Å². The molecular formula is C10H13N6Na4O12P3. The molecule has 3 heterocycles. The van der Waals surface area contributed by atoms with Crippen LogP contribution >= 0.6 is 23.5 Å². The molecule has 18 nitrogen and oxygen atoms in total. The monoisotopic (exact) mass is 594 g/mol. The Hall–Kier alpha value is 2.64. The smallest absolute Gasteiger partial charge is 0.790 e. The Labute approximate surface area is 285 Å². The first-order chi connectivity index (χ1) is 14.2. The van der Waals surface area contributed by atoms with Gasteiger partial charge in [-0.1, -0.05) is 0 Å². The van der Waals surface area contributed by atoms with Crippen LogP contribution in [0.5, 0.6) is 0 Å². The fraction of sp³-hybridized carbons (Fsp3) is 0.500. The van der Waals surface area contributed by atoms with Crippen molar-refractivity contribution in [3.05, 3.63) is 12.7 Å². The molecule has 2 unspecified atom stereocenters. The number of nitrogens with two attached hydrogens (primary N) is 2. The number of imidazole rings is 1. The molecule has 0 aromatic carbocycles. The first kappa shape index (κ1) is 39.8. The first-order valence-corrected chi connectivity index (χ1v) is 12.3. The number of anilines is 1. The maximum absolute atomic E-state index is 11.6. The quantitative estimate of drug-likeness (QED) is 0.189. The van der Waals surface area contributed by atoms with Gasteiger partial charge in [0.05, 0.1) is 26.8 Å². The van der Waals surface area contributed by atoms with Crippen molar-refractivity contribution >= 4 is 40.4 Å². The predicted octanol–water partition coefficient (Wildman–Crippen LogP) is -16.2. The van der Waals surface area contributed by atoms with E-state index in [9.17, 15) is 38.4 Å². The summed E-state index contributed by atoms with van der Waals surface area (Å²) in [5.41, 5.74) is 11.8. The Bertz CT molecular complexity index is 1120. The van der Waals surface area contributed by atoms with Gasteiger partial charge in [-0.15, -0.1) is 0 Å². The first-order valence-electron chi connectivity index (χ1n) is 7.92. The maximum atomic E-state index is 11.6. The second-order valence-electron chi connectivity index (χ2n) is 6.02. The summed E-state index contributed by atoms with van der Waals surface area (Å²) in [4.78, 5) is 55.1. The number of fused-ring (bicyclic) bond motifs is 1. The third-order valence-corrected chi connectivity index (χ3v) is 7.55. The molecule has 5 N–H and O–H groups in total. The summed E-state index contributed by atoms with van der Waals surface area (Å²) in [6, 6.07) is -1.24. The number of phosphoric ester groups is 1. The molecule has 1 aliphatic rings. The third kappa shape index (κ3) is 10.9. The molecule has 1 saturated heterocycles. The van der Waals surface area contributed by atoms with E-state index in [1.807, 2.05) is 0 Å². The number of phosphoric acid groups is 3. The second-order valence-corrected chi connectivity index (χ2v) is 10.3. The van der Waals surface area contributed by atoms with Gasteiger partial charge in [0, 0.05) is 0 Å². The van der Waals surface area contributed by atoms with Crippen molar-refractivity contribution in [1.82, 2.24) is 19.5 Å². The van der Waals surface area contributed by atoms with Crippen LogP contribution in [0, 0.1) is 0 Å². The Kier molecular flexibility index (Phi) is 17.7. The van der Waals surface area contributed by atoms with E-state index in [1.54, 1.807) is 0 Å². The summed E-state index contributed by atoms with van der Waals surface area (Å²) >= 11 is 0. The van der Waals surface area contributed by atoms with Crippen molar-refractivity contribution in [3.63, 3.8) is 0 Å². The molecule has 0 radical (unpaired) electrons. The topological polar surface area (TPSA) is 296 Å². The molecule has 25 heteroatoms. The number of aliphatic hydroxyl groups is 1. The van der Waals surface area contributed by atoms with Gasteiger partial charge in [0.25, 0.3) is 15.6 Å². The molecule has 2 aromatic heterocycles. The van der Waals surface area contributed by atoms with Crippen LogP contribution in [-0.2, 0) is 31.6 Å². The summed E-state index contributed by atoms with van der Waals surface area (Å²) in [6.07, 6.45) is -1.60. The normalized spacial score (nSPS) is 25.2. The third-order valence-electron chi connectivity index (χ3n) is 3.89. The molecule has 0 spiro atoms. The van der Waals surface area contributed by atoms with E-state index < -0.39 is 54.6 Å². The minimum absolute atomic E-state index is 0. The van der Waals surface area contributed by atoms with E-state index in [-0.39, 0.29) is 135 Å². The summed E-state index contributed by atoms with van der Waals surface area (Å²) in [6.45, 7) is -0.953. The van der Waals surface area contributed by atoms with E-state index in [4.69, 9.17) is 16.2 Å². The standard InChI is InChI=1S/C10H17N6O12P3.4Na/c11-5-4(1-25-30(21,22)28-31(23,24)27-29(18,19)20)26-10(7(5)17)16-3-15-6-8(12)13-2-14-9(6)16;;;;/h2-5,7,10,17H,1,11H2,(H,21,22)(H,23,24)(H2,12,13,14)(H2,18,19,20);;;;/q;4*+1/p-4/t4-,5-,7-,10-;;;;/m1..../s1. The Morgan fingerprint density at radius 2 is 1.63 bits per heavy atom. The van der Waals surface area contributed by atoms with E-state index >= 15 is 0 Å². The van der Waals surface area contributed by atoms with E-state index in [0.717, 1.165) is 6.33 Å². The fourth-order valence-corrected chi connectivity index (χ4v) is 5.51. The van der Waals surface area contributed by atoms with Gasteiger partial charge < -0.3 is 50.0 Å². The number of hydrogen-bond donors (Lipinski definition) is 3. The van der Waals surface area contributed by atoms with Gasteiger partial charge in [-0.3, -0.25) is 18.0 Å². The predicted molar refractivity (Wildman–Crippen MR) is 88.6 cm³/mol. The summed E-state index contributed by atoms with van der Waals surface area (Å²) in [5.74, 6) is 0.0508. The molecule has 2 aromatic rings. The molecule has 0 bridgehead atoms. The molecule has 6 atom stereocenters. The SMILES string of the molecule is Nc1ncnc2c1ncn2[C@@H]1O[C@H](COP(=O)([O-])OP(=O)([O-])OP(=O)([O-])[O-])[C@@H](N)[C@H]1O.[Na+].[Na+].[Na+].[Na+]. The average Bonchev–Trinajstić information content (AvgIpc) is 3.13. The van der Waals surface area contributed by atoms with Gasteiger partial charge in [-0.05, 0) is 0 Å². The number of hydrogen-bond acceptors (Lipinski definition) is 17. The van der Waals surface area contributed by atoms with E-state index in [0.29, 0.717) is 0 Å². The molecule has 0 saturated carbocycles. The molecule has 3 rings (SSSR count). The largest absolute Gasteiger partial charge is 1.00 e. The van der Waals surface area contributed by atoms with Crippen molar-refractivity contribution < 1.29 is 174 Å². The van der Waals surface area contributed by atoms with Crippen LogP contribution < -0.4 is 149 Å². The van der Waals surface area contributed by atoms with Crippen LogP contribution in [0.15, 0.2) is 12.7 Å². The molecular weight excluding hydrogens is 581 g/mol. The molecule has 0 aliphatic carbocycles. The van der Waals surface area contributed by atoms with Crippen LogP contribution in [0.3, 0.4) is 0 Å². The van der Waals surface area contributed by atoms with Crippen LogP contribution in [0.4, 0.5) is 5.82 Å². The molecule has 1 fully saturated rings. The number of nitrogen functional groups attached to an aromatic ring is 1. The zero-order valence-corrected chi connectivity index (χ0v) is 29.6. The molecule has 1 aliphatic heterocycles. The van der Waals surface area contributed by atoms with Gasteiger partial charge in [0.2, 0.25) is 0 Å². The molecule has 174 valence electrons. The summed E-state index contributed by atoms with van der Waals surface area (Å²) < 4.78 is 50.6. The van der Waals surface area contributed by atoms with Crippen molar-refractivity contribution in [1.29, 1.82) is 0 Å². The number of nitrogens with zero attached hydrogens (tertiary/aromatic N) is 4. The molecule has 0 amide bonds. The van der Waals surface area contributed by atoms with Crippen LogP contribution in [0.25, 0.3) is 11.2 Å². The Balaban J connectivity index is 0. The zero-order valence-electron chi connectivity index (χ0n) is 18.9. The van der Waals surface area contributed by atoms with Gasteiger partial charge in [-0.25, -0.2) is 19.3 Å². The Morgan fingerprint density at radius 1 is 1.03 bits per heavy atom. The van der Waals surface area contributed by atoms with Crippen molar-refractivity contribution in [2.24, 2.45) is 5.73 Å². The second kappa shape index (κ2) is 15.6. The average molecular weight is 594 g/mol. The van der Waals surface area contributed by atoms with Gasteiger partial charge in [0.1, 0.15) is 24.1 Å². The van der Waals surface area contributed by atoms with Crippen molar-refractivity contribution in [2.45, 2.75) is 24.5 Å². The summed E-state index contributed by atoms with van der Waals surface area (Å²) in [7, 11) is -18.0. The van der Waals surface area contributed by atoms with Crippen molar-refractivity contribution in [2.75, 3.05) is 12.3 Å². The van der Waals surface area contributed by atoms with E-state index in [2.05, 4.69) is 28.1 Å². The number of aliphatic hydroxyl groups excluding tert-OH is 1. The van der Waals surface area contributed by atoms with E-state index in [1.165, 1.54) is 10.9 Å². The minimum atomic E-state index is -6.11. The van der Waals surface area contributed by atoms with Crippen LogP contribution in [-0.4, -0.2) is 49.5 Å². The van der Waals surface area contributed by atoms with Gasteiger partial charge in [-0.2, -0.15) is 0 Å². The summed E-state index contributed by atoms with van der Waals surface area (Å²) in [5, 5.41) is 10.3. The fourth-order valence-electron chi connectivity index (χ4n) is 2.65. The maximum Gasteiger partial charge on any atom is 1.00 e. The van der Waals surface area contributed by atoms with Crippen molar-refractivity contribution in [3.8, 4) is 0 Å². The van der Waals surface area contributed by atoms with Crippen LogP contribution in [0.2, 0.25) is 0 Å². The van der Waals surface area contributed by atoms with Gasteiger partial charge >= 0.3 is 118 Å². The number of aromatic nitrogens is 4. The zero-order chi connectivity index (χ0) is 23.2. The number of ether oxygens (including phenoxy) is 1. The van der Waals surface area contributed by atoms with Crippen LogP contribution in [0.1, 0.15) is 6.23 Å². The molecule has 35 heavy (non-hydrogen) atoms.